The van der Waals surface area contributed by atoms with Gasteiger partial charge in [-0.3, -0.25) is 9.59 Å². The number of piperidine rings is 1. The van der Waals surface area contributed by atoms with Crippen molar-refractivity contribution in [1.29, 1.82) is 5.26 Å². The van der Waals surface area contributed by atoms with Crippen molar-refractivity contribution < 1.29 is 9.59 Å². The van der Waals surface area contributed by atoms with Crippen molar-refractivity contribution in [1.82, 2.24) is 9.88 Å². The summed E-state index contributed by atoms with van der Waals surface area (Å²) in [5.41, 5.74) is 2.84. The molecule has 1 atom stereocenters. The number of hydrogen-bond donors (Lipinski definition) is 2. The third kappa shape index (κ3) is 3.47. The second-order valence-corrected chi connectivity index (χ2v) is 6.97. The highest BCUT2D eigenvalue weighted by molar-refractivity contribution is 6.39. The minimum Gasteiger partial charge on any atom is -0.357 e. The zero-order chi connectivity index (χ0) is 19.5. The molecule has 0 spiro atoms. The van der Waals surface area contributed by atoms with Crippen molar-refractivity contribution >= 4 is 28.4 Å². The van der Waals surface area contributed by atoms with Crippen LogP contribution in [0.4, 0.5) is 5.69 Å². The first kappa shape index (κ1) is 17.8. The molecule has 1 saturated heterocycles. The number of nitrogens with one attached hydrogen (secondary N) is 2. The minimum atomic E-state index is -0.682. The van der Waals surface area contributed by atoms with Crippen LogP contribution in [-0.2, 0) is 9.59 Å². The SMILES string of the molecule is N#Cc1cccc(NC(=O)C(=O)N2CCCC[C@H]2c2cc3ccccc3[nH]2)c1. The Kier molecular flexibility index (Phi) is 4.81. The highest BCUT2D eigenvalue weighted by Gasteiger charge is 2.32. The molecule has 140 valence electrons. The molecular formula is C22H20N4O2. The molecule has 2 amide bonds. The van der Waals surface area contributed by atoms with E-state index < -0.39 is 11.8 Å². The molecule has 0 radical (unpaired) electrons. The van der Waals surface area contributed by atoms with Crippen LogP contribution in [-0.4, -0.2) is 28.2 Å². The zero-order valence-electron chi connectivity index (χ0n) is 15.3. The number of carbonyl (C=O) groups excluding carboxylic acids is 2. The molecule has 1 aliphatic heterocycles. The Bertz CT molecular complexity index is 1050. The summed E-state index contributed by atoms with van der Waals surface area (Å²) in [5, 5.41) is 12.7. The summed E-state index contributed by atoms with van der Waals surface area (Å²) >= 11 is 0. The van der Waals surface area contributed by atoms with Gasteiger partial charge in [-0.25, -0.2) is 0 Å². The Labute approximate surface area is 162 Å². The lowest BCUT2D eigenvalue weighted by molar-refractivity contribution is -0.145. The molecule has 0 unspecified atom stereocenters. The maximum absolute atomic E-state index is 12.9. The Morgan fingerprint density at radius 3 is 2.79 bits per heavy atom. The number of hydrogen-bond acceptors (Lipinski definition) is 3. The van der Waals surface area contributed by atoms with E-state index in [-0.39, 0.29) is 6.04 Å². The fourth-order valence-electron chi connectivity index (χ4n) is 3.75. The van der Waals surface area contributed by atoms with E-state index in [1.54, 1.807) is 29.2 Å². The fraction of sp³-hybridized carbons (Fsp3) is 0.227. The van der Waals surface area contributed by atoms with E-state index in [1.807, 2.05) is 30.3 Å². The molecule has 6 nitrogen and oxygen atoms in total. The topological polar surface area (TPSA) is 89.0 Å². The summed E-state index contributed by atoms with van der Waals surface area (Å²) in [7, 11) is 0. The smallest absolute Gasteiger partial charge is 0.313 e. The number of carbonyl (C=O) groups is 2. The number of nitrogens with zero attached hydrogens (tertiary/aromatic N) is 2. The Morgan fingerprint density at radius 1 is 1.11 bits per heavy atom. The maximum atomic E-state index is 12.9. The average Bonchev–Trinajstić information content (AvgIpc) is 3.17. The fourth-order valence-corrected chi connectivity index (χ4v) is 3.75. The Balaban J connectivity index is 1.55. The Hall–Kier alpha value is -3.59. The predicted molar refractivity (Wildman–Crippen MR) is 106 cm³/mol. The summed E-state index contributed by atoms with van der Waals surface area (Å²) in [6.45, 7) is 0.546. The van der Waals surface area contributed by atoms with Gasteiger partial charge in [0.05, 0.1) is 17.7 Å². The number of H-pyrrole nitrogens is 1. The van der Waals surface area contributed by atoms with Crippen molar-refractivity contribution in [2.24, 2.45) is 0 Å². The van der Waals surface area contributed by atoms with Crippen LogP contribution in [0.2, 0.25) is 0 Å². The van der Waals surface area contributed by atoms with Gasteiger partial charge >= 0.3 is 11.8 Å². The first-order valence-corrected chi connectivity index (χ1v) is 9.35. The van der Waals surface area contributed by atoms with E-state index in [0.29, 0.717) is 17.8 Å². The molecule has 0 bridgehead atoms. The summed E-state index contributed by atoms with van der Waals surface area (Å²) in [6.07, 6.45) is 2.70. The van der Waals surface area contributed by atoms with E-state index in [4.69, 9.17) is 5.26 Å². The molecule has 3 aromatic rings. The van der Waals surface area contributed by atoms with Crippen molar-refractivity contribution in [2.75, 3.05) is 11.9 Å². The van der Waals surface area contributed by atoms with Crippen LogP contribution in [0.5, 0.6) is 0 Å². The first-order chi connectivity index (χ1) is 13.7. The van der Waals surface area contributed by atoms with Gasteiger partial charge in [0, 0.05) is 23.4 Å². The summed E-state index contributed by atoms with van der Waals surface area (Å²) < 4.78 is 0. The highest BCUT2D eigenvalue weighted by atomic mass is 16.2. The lowest BCUT2D eigenvalue weighted by atomic mass is 9.99. The zero-order valence-corrected chi connectivity index (χ0v) is 15.3. The number of anilines is 1. The van der Waals surface area contributed by atoms with E-state index in [1.165, 1.54) is 0 Å². The lowest BCUT2D eigenvalue weighted by Crippen LogP contribution is -2.44. The van der Waals surface area contributed by atoms with Crippen molar-refractivity contribution in [2.45, 2.75) is 25.3 Å². The molecule has 0 aliphatic carbocycles. The van der Waals surface area contributed by atoms with E-state index in [9.17, 15) is 9.59 Å². The average molecular weight is 372 g/mol. The molecule has 2 heterocycles. The summed E-state index contributed by atoms with van der Waals surface area (Å²) in [6, 6.07) is 18.4. The van der Waals surface area contributed by atoms with Gasteiger partial charge in [0.15, 0.2) is 0 Å². The van der Waals surface area contributed by atoms with Gasteiger partial charge in [0.25, 0.3) is 0 Å². The molecule has 1 aliphatic rings. The third-order valence-corrected chi connectivity index (χ3v) is 5.12. The van der Waals surface area contributed by atoms with Gasteiger partial charge in [-0.05, 0) is 55.0 Å². The van der Waals surface area contributed by atoms with Gasteiger partial charge in [0.1, 0.15) is 0 Å². The number of aromatic amines is 1. The summed E-state index contributed by atoms with van der Waals surface area (Å²) in [5.74, 6) is -1.23. The van der Waals surface area contributed by atoms with Gasteiger partial charge in [0.2, 0.25) is 0 Å². The number of amides is 2. The van der Waals surface area contributed by atoms with Gasteiger partial charge < -0.3 is 15.2 Å². The summed E-state index contributed by atoms with van der Waals surface area (Å²) in [4.78, 5) is 30.5. The number of benzene rings is 2. The van der Waals surface area contributed by atoms with E-state index in [2.05, 4.69) is 16.4 Å². The van der Waals surface area contributed by atoms with Crippen LogP contribution in [0.3, 0.4) is 0 Å². The van der Waals surface area contributed by atoms with Crippen molar-refractivity contribution in [3.63, 3.8) is 0 Å². The van der Waals surface area contributed by atoms with Crippen LogP contribution in [0.25, 0.3) is 10.9 Å². The van der Waals surface area contributed by atoms with E-state index in [0.717, 1.165) is 35.9 Å². The van der Waals surface area contributed by atoms with Crippen LogP contribution < -0.4 is 5.32 Å². The molecule has 1 aromatic heterocycles. The molecule has 2 aromatic carbocycles. The van der Waals surface area contributed by atoms with Crippen LogP contribution in [0.15, 0.2) is 54.6 Å². The Morgan fingerprint density at radius 2 is 1.96 bits per heavy atom. The molecule has 4 rings (SSSR count). The largest absolute Gasteiger partial charge is 0.357 e. The number of aromatic nitrogens is 1. The first-order valence-electron chi connectivity index (χ1n) is 9.35. The second-order valence-electron chi connectivity index (χ2n) is 6.97. The second kappa shape index (κ2) is 7.57. The van der Waals surface area contributed by atoms with E-state index >= 15 is 0 Å². The van der Waals surface area contributed by atoms with Crippen LogP contribution in [0.1, 0.15) is 36.6 Å². The molecule has 0 saturated carbocycles. The molecular weight excluding hydrogens is 352 g/mol. The highest BCUT2D eigenvalue weighted by Crippen LogP contribution is 2.32. The molecule has 28 heavy (non-hydrogen) atoms. The number of nitriles is 1. The van der Waals surface area contributed by atoms with Gasteiger partial charge in [-0.15, -0.1) is 0 Å². The quantitative estimate of drug-likeness (QED) is 0.672. The lowest BCUT2D eigenvalue weighted by Gasteiger charge is -2.34. The number of fused-ring (bicyclic) bond motifs is 1. The predicted octanol–water partition coefficient (Wildman–Crippen LogP) is 3.73. The molecule has 6 heteroatoms. The normalized spacial score (nSPS) is 16.5. The molecule has 1 fully saturated rings. The van der Waals surface area contributed by atoms with Crippen molar-refractivity contribution in [3.8, 4) is 6.07 Å². The maximum Gasteiger partial charge on any atom is 0.313 e. The monoisotopic (exact) mass is 372 g/mol. The van der Waals surface area contributed by atoms with Gasteiger partial charge in [-0.1, -0.05) is 24.3 Å². The van der Waals surface area contributed by atoms with Crippen molar-refractivity contribution in [3.05, 3.63) is 65.9 Å². The molecule has 2 N–H and O–H groups in total. The number of likely N-dealkylation sites (tertiary alicyclic amines) is 1. The number of para-hydroxylation sites is 1. The van der Waals surface area contributed by atoms with Gasteiger partial charge in [-0.2, -0.15) is 5.26 Å². The van der Waals surface area contributed by atoms with Crippen LogP contribution >= 0.6 is 0 Å². The standard InChI is InChI=1S/C22H20N4O2/c23-14-15-6-5-8-17(12-15)24-21(27)22(28)26-11-4-3-10-20(26)19-13-16-7-1-2-9-18(16)25-19/h1-2,5-9,12-13,20,25H,3-4,10-11H2,(H,24,27)/t20-/m0/s1. The third-order valence-electron chi connectivity index (χ3n) is 5.12. The van der Waals surface area contributed by atoms with Crippen LogP contribution in [0, 0.1) is 11.3 Å². The number of rotatable bonds is 2. The minimum absolute atomic E-state index is 0.148.